The van der Waals surface area contributed by atoms with Crippen molar-refractivity contribution < 1.29 is 14.3 Å². The number of hydrogen-bond acceptors (Lipinski definition) is 3. The summed E-state index contributed by atoms with van der Waals surface area (Å²) in [5.41, 5.74) is 2.75. The van der Waals surface area contributed by atoms with Gasteiger partial charge in [0.15, 0.2) is 0 Å². The fraction of sp³-hybridized carbons (Fsp3) is 0.500. The summed E-state index contributed by atoms with van der Waals surface area (Å²) in [5, 5.41) is 2.83. The topological polar surface area (TPSA) is 47.6 Å². The molecule has 0 aromatic heterocycles. The predicted molar refractivity (Wildman–Crippen MR) is 72.2 cm³/mol. The highest BCUT2D eigenvalue weighted by Gasteiger charge is 2.10. The highest BCUT2D eigenvalue weighted by Crippen LogP contribution is 2.28. The number of aryl methyl sites for hydroxylation is 1. The second-order valence-corrected chi connectivity index (χ2v) is 4.19. The molecule has 0 bridgehead atoms. The summed E-state index contributed by atoms with van der Waals surface area (Å²) in [5.74, 6) is 0.666. The number of carbonyl (C=O) groups excluding carboxylic acids is 1. The van der Waals surface area contributed by atoms with Crippen molar-refractivity contribution in [3.63, 3.8) is 0 Å². The molecule has 1 amide bonds. The van der Waals surface area contributed by atoms with Gasteiger partial charge in [0.05, 0.1) is 7.11 Å². The molecule has 0 spiro atoms. The normalized spacial score (nSPS) is 10.2. The molecule has 100 valence electrons. The van der Waals surface area contributed by atoms with Gasteiger partial charge in [0.25, 0.3) is 0 Å². The first-order valence-corrected chi connectivity index (χ1v) is 6.12. The summed E-state index contributed by atoms with van der Waals surface area (Å²) in [7, 11) is 1.63. The van der Waals surface area contributed by atoms with Crippen LogP contribution in [0.4, 0.5) is 5.69 Å². The van der Waals surface area contributed by atoms with E-state index in [0.717, 1.165) is 29.0 Å². The van der Waals surface area contributed by atoms with E-state index in [1.165, 1.54) is 0 Å². The fourth-order valence-electron chi connectivity index (χ4n) is 1.77. The Labute approximate surface area is 108 Å². The number of rotatable bonds is 6. The Morgan fingerprint density at radius 2 is 2.06 bits per heavy atom. The zero-order valence-electron chi connectivity index (χ0n) is 11.5. The van der Waals surface area contributed by atoms with Crippen molar-refractivity contribution in [3.8, 4) is 5.75 Å². The molecule has 0 saturated heterocycles. The van der Waals surface area contributed by atoms with E-state index < -0.39 is 0 Å². The second kappa shape index (κ2) is 7.01. The predicted octanol–water partition coefficient (Wildman–Crippen LogP) is 2.68. The minimum Gasteiger partial charge on any atom is -0.496 e. The van der Waals surface area contributed by atoms with Gasteiger partial charge in [0.1, 0.15) is 12.4 Å². The van der Waals surface area contributed by atoms with Crippen molar-refractivity contribution in [3.05, 3.63) is 23.3 Å². The van der Waals surface area contributed by atoms with Gasteiger partial charge < -0.3 is 14.8 Å². The first-order chi connectivity index (χ1) is 8.60. The minimum atomic E-state index is -0.141. The van der Waals surface area contributed by atoms with Crippen LogP contribution in [0.5, 0.6) is 5.75 Å². The van der Waals surface area contributed by atoms with E-state index in [1.807, 2.05) is 32.9 Å². The Morgan fingerprint density at radius 1 is 1.33 bits per heavy atom. The van der Waals surface area contributed by atoms with Crippen molar-refractivity contribution in [2.45, 2.75) is 27.2 Å². The molecule has 0 aliphatic heterocycles. The Bertz CT molecular complexity index is 416. The highest BCUT2D eigenvalue weighted by molar-refractivity contribution is 5.92. The molecule has 0 aliphatic carbocycles. The van der Waals surface area contributed by atoms with E-state index in [4.69, 9.17) is 9.47 Å². The average molecular weight is 251 g/mol. The van der Waals surface area contributed by atoms with Crippen LogP contribution in [-0.2, 0) is 9.53 Å². The maximum Gasteiger partial charge on any atom is 0.250 e. The van der Waals surface area contributed by atoms with E-state index in [2.05, 4.69) is 5.32 Å². The van der Waals surface area contributed by atoms with E-state index in [9.17, 15) is 4.79 Å². The van der Waals surface area contributed by atoms with Crippen LogP contribution in [0.2, 0.25) is 0 Å². The molecule has 1 aromatic carbocycles. The molecule has 0 radical (unpaired) electrons. The molecule has 0 atom stereocenters. The van der Waals surface area contributed by atoms with Crippen LogP contribution < -0.4 is 10.1 Å². The van der Waals surface area contributed by atoms with E-state index >= 15 is 0 Å². The molecule has 18 heavy (non-hydrogen) atoms. The summed E-state index contributed by atoms with van der Waals surface area (Å²) in [6, 6.07) is 3.80. The Morgan fingerprint density at radius 3 is 2.67 bits per heavy atom. The molecule has 4 heteroatoms. The Hall–Kier alpha value is -1.55. The molecular formula is C14H21NO3. The third kappa shape index (κ3) is 3.74. The standard InChI is InChI=1S/C14H21NO3/c1-5-8-18-9-13(16)15-12-7-6-10(2)14(17-4)11(12)3/h6-7H,5,8-9H2,1-4H3,(H,15,16). The lowest BCUT2D eigenvalue weighted by Gasteiger charge is -2.14. The summed E-state index contributed by atoms with van der Waals surface area (Å²) >= 11 is 0. The van der Waals surface area contributed by atoms with Gasteiger partial charge in [-0.1, -0.05) is 13.0 Å². The zero-order valence-corrected chi connectivity index (χ0v) is 11.5. The van der Waals surface area contributed by atoms with Crippen LogP contribution in [-0.4, -0.2) is 26.2 Å². The number of amides is 1. The van der Waals surface area contributed by atoms with Crippen molar-refractivity contribution in [1.29, 1.82) is 0 Å². The average Bonchev–Trinajstić information content (AvgIpc) is 2.34. The third-order valence-electron chi connectivity index (χ3n) is 2.66. The number of anilines is 1. The third-order valence-corrected chi connectivity index (χ3v) is 2.66. The van der Waals surface area contributed by atoms with Gasteiger partial charge >= 0.3 is 0 Å². The van der Waals surface area contributed by atoms with Crippen LogP contribution in [0, 0.1) is 13.8 Å². The Kier molecular flexibility index (Phi) is 5.65. The largest absolute Gasteiger partial charge is 0.496 e. The first-order valence-electron chi connectivity index (χ1n) is 6.12. The van der Waals surface area contributed by atoms with Crippen molar-refractivity contribution in [2.75, 3.05) is 25.6 Å². The zero-order chi connectivity index (χ0) is 13.5. The molecule has 1 N–H and O–H groups in total. The molecule has 1 rings (SSSR count). The SMILES string of the molecule is CCCOCC(=O)Nc1ccc(C)c(OC)c1C. The first kappa shape index (κ1) is 14.5. The summed E-state index contributed by atoms with van der Waals surface area (Å²) in [6.45, 7) is 6.59. The molecule has 0 fully saturated rings. The quantitative estimate of drug-likeness (QED) is 0.791. The van der Waals surface area contributed by atoms with Crippen LogP contribution in [0.25, 0.3) is 0 Å². The van der Waals surface area contributed by atoms with Gasteiger partial charge in [0, 0.05) is 17.9 Å². The van der Waals surface area contributed by atoms with Crippen molar-refractivity contribution >= 4 is 11.6 Å². The number of methoxy groups -OCH3 is 1. The monoisotopic (exact) mass is 251 g/mol. The van der Waals surface area contributed by atoms with E-state index in [1.54, 1.807) is 7.11 Å². The summed E-state index contributed by atoms with van der Waals surface area (Å²) in [6.07, 6.45) is 0.907. The van der Waals surface area contributed by atoms with Gasteiger partial charge in [-0.05, 0) is 31.9 Å². The van der Waals surface area contributed by atoms with Gasteiger partial charge in [0.2, 0.25) is 5.91 Å². The number of nitrogens with one attached hydrogen (secondary N) is 1. The molecular weight excluding hydrogens is 230 g/mol. The molecule has 0 unspecified atom stereocenters. The summed E-state index contributed by atoms with van der Waals surface area (Å²) < 4.78 is 10.5. The molecule has 0 aliphatic rings. The maximum absolute atomic E-state index is 11.6. The smallest absolute Gasteiger partial charge is 0.250 e. The van der Waals surface area contributed by atoms with Gasteiger partial charge in [-0.25, -0.2) is 0 Å². The lowest BCUT2D eigenvalue weighted by atomic mass is 10.1. The highest BCUT2D eigenvalue weighted by atomic mass is 16.5. The van der Waals surface area contributed by atoms with Crippen LogP contribution in [0.3, 0.4) is 0 Å². The fourth-order valence-corrected chi connectivity index (χ4v) is 1.77. The van der Waals surface area contributed by atoms with E-state index in [0.29, 0.717) is 6.61 Å². The molecule has 0 saturated carbocycles. The maximum atomic E-state index is 11.6. The second-order valence-electron chi connectivity index (χ2n) is 4.19. The van der Waals surface area contributed by atoms with Crippen molar-refractivity contribution in [1.82, 2.24) is 0 Å². The van der Waals surface area contributed by atoms with Crippen LogP contribution >= 0.6 is 0 Å². The van der Waals surface area contributed by atoms with E-state index in [-0.39, 0.29) is 12.5 Å². The van der Waals surface area contributed by atoms with Gasteiger partial charge in [-0.2, -0.15) is 0 Å². The summed E-state index contributed by atoms with van der Waals surface area (Å²) in [4.78, 5) is 11.6. The number of hydrogen-bond donors (Lipinski definition) is 1. The van der Waals surface area contributed by atoms with Crippen molar-refractivity contribution in [2.24, 2.45) is 0 Å². The number of ether oxygens (including phenoxy) is 2. The minimum absolute atomic E-state index is 0.0868. The molecule has 0 heterocycles. The lowest BCUT2D eigenvalue weighted by molar-refractivity contribution is -0.120. The van der Waals surface area contributed by atoms with Gasteiger partial charge in [-0.15, -0.1) is 0 Å². The Balaban J connectivity index is 2.70. The van der Waals surface area contributed by atoms with Crippen LogP contribution in [0.1, 0.15) is 24.5 Å². The molecule has 1 aromatic rings. The lowest BCUT2D eigenvalue weighted by Crippen LogP contribution is -2.19. The number of carbonyl (C=O) groups is 1. The van der Waals surface area contributed by atoms with Gasteiger partial charge in [-0.3, -0.25) is 4.79 Å². The number of benzene rings is 1. The molecule has 4 nitrogen and oxygen atoms in total. The van der Waals surface area contributed by atoms with Crippen LogP contribution in [0.15, 0.2) is 12.1 Å².